The number of pyridine rings is 1. The van der Waals surface area contributed by atoms with Gasteiger partial charge in [0.25, 0.3) is 5.91 Å². The minimum atomic E-state index is -0.934. The molecule has 10 heteroatoms. The molecule has 0 unspecified atom stereocenters. The van der Waals surface area contributed by atoms with E-state index in [1.54, 1.807) is 19.3 Å². The van der Waals surface area contributed by atoms with Gasteiger partial charge in [-0.1, -0.05) is 18.8 Å². The highest BCUT2D eigenvalue weighted by Gasteiger charge is 2.28. The quantitative estimate of drug-likeness (QED) is 0.349. The Hall–Kier alpha value is -3.94. The lowest BCUT2D eigenvalue weighted by Crippen LogP contribution is -2.49. The first kappa shape index (κ1) is 28.1. The molecule has 1 saturated heterocycles. The minimum absolute atomic E-state index is 0.187. The molecule has 1 aliphatic heterocycles. The molecule has 1 aromatic carbocycles. The average Bonchev–Trinajstić information content (AvgIpc) is 2.96. The van der Waals surface area contributed by atoms with Crippen LogP contribution in [-0.2, 0) is 11.2 Å². The number of aryl methyl sites for hydroxylation is 1. The van der Waals surface area contributed by atoms with Crippen molar-refractivity contribution in [1.29, 1.82) is 0 Å². The number of benzene rings is 1. The lowest BCUT2D eigenvalue weighted by molar-refractivity contribution is 0.0557. The number of anilines is 1. The van der Waals surface area contributed by atoms with Gasteiger partial charge in [-0.3, -0.25) is 9.69 Å². The molecule has 1 aliphatic rings. The molecule has 39 heavy (non-hydrogen) atoms. The third-order valence-corrected chi connectivity index (χ3v) is 6.56. The second-order valence-electron chi connectivity index (χ2n) is 8.98. The SMILES string of the molecule is CCOCCN1CCN(C(=O)c2c(F)cc(-c3ncnc(CC)c3C#Cc3ccc(NC)nc3)cc2F)CC1. The number of piperazine rings is 1. The van der Waals surface area contributed by atoms with Gasteiger partial charge in [-0.05, 0) is 37.6 Å². The summed E-state index contributed by atoms with van der Waals surface area (Å²) < 4.78 is 36.0. The van der Waals surface area contributed by atoms with Crippen LogP contribution < -0.4 is 5.32 Å². The molecule has 1 N–H and O–H groups in total. The van der Waals surface area contributed by atoms with Gasteiger partial charge in [-0.15, -0.1) is 0 Å². The van der Waals surface area contributed by atoms with Crippen molar-refractivity contribution in [3.8, 4) is 23.1 Å². The highest BCUT2D eigenvalue weighted by atomic mass is 19.1. The molecular formula is C29H32F2N6O2. The van der Waals surface area contributed by atoms with Crippen molar-refractivity contribution in [2.24, 2.45) is 0 Å². The number of hydrogen-bond acceptors (Lipinski definition) is 7. The van der Waals surface area contributed by atoms with E-state index < -0.39 is 23.1 Å². The van der Waals surface area contributed by atoms with E-state index in [0.717, 1.165) is 18.7 Å². The van der Waals surface area contributed by atoms with Crippen LogP contribution in [0.5, 0.6) is 0 Å². The van der Waals surface area contributed by atoms with Crippen LogP contribution in [0.1, 0.15) is 41.0 Å². The number of carbonyl (C=O) groups excluding carboxylic acids is 1. The molecule has 1 fully saturated rings. The number of amides is 1. The van der Waals surface area contributed by atoms with E-state index in [1.165, 1.54) is 11.2 Å². The number of hydrogen-bond donors (Lipinski definition) is 1. The first-order chi connectivity index (χ1) is 18.9. The van der Waals surface area contributed by atoms with Gasteiger partial charge in [0.1, 0.15) is 29.3 Å². The summed E-state index contributed by atoms with van der Waals surface area (Å²) in [6, 6.07) is 5.91. The highest BCUT2D eigenvalue weighted by molar-refractivity contribution is 5.95. The Labute approximate surface area is 227 Å². The van der Waals surface area contributed by atoms with Gasteiger partial charge in [-0.2, -0.15) is 0 Å². The van der Waals surface area contributed by atoms with Gasteiger partial charge < -0.3 is 15.0 Å². The van der Waals surface area contributed by atoms with Gasteiger partial charge in [0.15, 0.2) is 0 Å². The number of halogens is 2. The number of nitrogens with zero attached hydrogens (tertiary/aromatic N) is 5. The lowest BCUT2D eigenvalue weighted by atomic mass is 10.0. The van der Waals surface area contributed by atoms with Gasteiger partial charge in [0, 0.05) is 63.7 Å². The van der Waals surface area contributed by atoms with Gasteiger partial charge in [0.2, 0.25) is 0 Å². The van der Waals surface area contributed by atoms with Crippen LogP contribution in [0.25, 0.3) is 11.3 Å². The second-order valence-corrected chi connectivity index (χ2v) is 8.98. The molecule has 0 radical (unpaired) electrons. The van der Waals surface area contributed by atoms with Crippen LogP contribution in [0.15, 0.2) is 36.8 Å². The summed E-state index contributed by atoms with van der Waals surface area (Å²) in [5, 5.41) is 2.95. The van der Waals surface area contributed by atoms with Crippen molar-refractivity contribution in [2.75, 3.05) is 58.3 Å². The first-order valence-corrected chi connectivity index (χ1v) is 13.0. The van der Waals surface area contributed by atoms with Gasteiger partial charge >= 0.3 is 0 Å². The van der Waals surface area contributed by atoms with Crippen LogP contribution in [0, 0.1) is 23.5 Å². The lowest BCUT2D eigenvalue weighted by Gasteiger charge is -2.34. The standard InChI is InChI=1S/C29H32F2N6O2/c1-4-25-22(8-6-20-7-9-26(32-3)33-18-20)28(35-19-34-25)21-16-23(30)27(24(31)17-21)29(38)37-12-10-36(11-13-37)14-15-39-5-2/h7,9,16-19H,4-5,10-15H2,1-3H3,(H,32,33). The Morgan fingerprint density at radius 1 is 1.05 bits per heavy atom. The van der Waals surface area contributed by atoms with Crippen LogP contribution in [-0.4, -0.2) is 83.6 Å². The molecule has 2 aromatic heterocycles. The third kappa shape index (κ3) is 6.74. The Morgan fingerprint density at radius 2 is 1.79 bits per heavy atom. The molecular weight excluding hydrogens is 502 g/mol. The number of carbonyl (C=O) groups is 1. The van der Waals surface area contributed by atoms with E-state index >= 15 is 8.78 Å². The monoisotopic (exact) mass is 534 g/mol. The first-order valence-electron chi connectivity index (χ1n) is 13.0. The van der Waals surface area contributed by atoms with Crippen LogP contribution >= 0.6 is 0 Å². The molecule has 0 saturated carbocycles. The molecule has 0 spiro atoms. The van der Waals surface area contributed by atoms with Crippen LogP contribution in [0.2, 0.25) is 0 Å². The molecule has 8 nitrogen and oxygen atoms in total. The molecule has 0 atom stereocenters. The van der Waals surface area contributed by atoms with E-state index in [9.17, 15) is 4.79 Å². The maximum absolute atomic E-state index is 15.3. The summed E-state index contributed by atoms with van der Waals surface area (Å²) in [7, 11) is 1.78. The normalized spacial score (nSPS) is 13.6. The molecule has 3 aromatic rings. The van der Waals surface area contributed by atoms with Gasteiger partial charge in [-0.25, -0.2) is 23.7 Å². The highest BCUT2D eigenvalue weighted by Crippen LogP contribution is 2.28. The predicted octanol–water partition coefficient (Wildman–Crippen LogP) is 3.62. The summed E-state index contributed by atoms with van der Waals surface area (Å²) >= 11 is 0. The molecule has 204 valence electrons. The number of rotatable bonds is 8. The van der Waals surface area contributed by atoms with E-state index in [4.69, 9.17) is 4.74 Å². The molecule has 0 aliphatic carbocycles. The fourth-order valence-corrected chi connectivity index (χ4v) is 4.38. The Balaban J connectivity index is 1.58. The summed E-state index contributed by atoms with van der Waals surface area (Å²) in [6.07, 6.45) is 3.53. The van der Waals surface area contributed by atoms with Crippen LogP contribution in [0.4, 0.5) is 14.6 Å². The van der Waals surface area contributed by atoms with Crippen molar-refractivity contribution in [3.05, 3.63) is 70.8 Å². The number of nitrogens with one attached hydrogen (secondary N) is 1. The zero-order valence-electron chi connectivity index (χ0n) is 22.4. The molecule has 3 heterocycles. The fraction of sp³-hybridized carbons (Fsp3) is 0.379. The van der Waals surface area contributed by atoms with Crippen molar-refractivity contribution in [3.63, 3.8) is 0 Å². The van der Waals surface area contributed by atoms with E-state index in [0.29, 0.717) is 74.1 Å². The zero-order valence-corrected chi connectivity index (χ0v) is 22.4. The number of aromatic nitrogens is 3. The van der Waals surface area contributed by atoms with Crippen LogP contribution in [0.3, 0.4) is 0 Å². The topological polar surface area (TPSA) is 83.5 Å². The predicted molar refractivity (Wildman–Crippen MR) is 145 cm³/mol. The minimum Gasteiger partial charge on any atom is -0.380 e. The maximum Gasteiger partial charge on any atom is 0.259 e. The maximum atomic E-state index is 15.3. The molecule has 4 rings (SSSR count). The molecule has 1 amide bonds. The second kappa shape index (κ2) is 13.2. The Morgan fingerprint density at radius 3 is 2.41 bits per heavy atom. The van der Waals surface area contributed by atoms with Crippen molar-refractivity contribution in [2.45, 2.75) is 20.3 Å². The Bertz CT molecular complexity index is 1340. The van der Waals surface area contributed by atoms with E-state index in [2.05, 4.69) is 37.0 Å². The van der Waals surface area contributed by atoms with E-state index in [-0.39, 0.29) is 5.56 Å². The zero-order chi connectivity index (χ0) is 27.8. The summed E-state index contributed by atoms with van der Waals surface area (Å²) in [5.74, 6) is 4.29. The summed E-state index contributed by atoms with van der Waals surface area (Å²) in [5.41, 5.74) is 1.72. The molecule has 0 bridgehead atoms. The fourth-order valence-electron chi connectivity index (χ4n) is 4.38. The Kier molecular flexibility index (Phi) is 9.52. The largest absolute Gasteiger partial charge is 0.380 e. The number of ether oxygens (including phenoxy) is 1. The summed E-state index contributed by atoms with van der Waals surface area (Å²) in [4.78, 5) is 29.6. The van der Waals surface area contributed by atoms with Crippen molar-refractivity contribution in [1.82, 2.24) is 24.8 Å². The van der Waals surface area contributed by atoms with Crippen molar-refractivity contribution < 1.29 is 18.3 Å². The average molecular weight is 535 g/mol. The van der Waals surface area contributed by atoms with Gasteiger partial charge in [0.05, 0.1) is 23.6 Å². The van der Waals surface area contributed by atoms with Crippen molar-refractivity contribution >= 4 is 11.7 Å². The summed E-state index contributed by atoms with van der Waals surface area (Å²) in [6.45, 7) is 7.90. The van der Waals surface area contributed by atoms with E-state index in [1.807, 2.05) is 19.9 Å². The third-order valence-electron chi connectivity index (χ3n) is 6.56. The smallest absolute Gasteiger partial charge is 0.259 e.